The second-order valence-electron chi connectivity index (χ2n) is 4.75. The lowest BCUT2D eigenvalue weighted by atomic mass is 9.93. The first kappa shape index (κ1) is 13.5. The molecule has 0 spiro atoms. The highest BCUT2D eigenvalue weighted by Gasteiger charge is 2.21. The van der Waals surface area contributed by atoms with Gasteiger partial charge in [0.2, 0.25) is 6.41 Å². The zero-order valence-corrected chi connectivity index (χ0v) is 10.9. The highest BCUT2D eigenvalue weighted by atomic mass is 16.1. The van der Waals surface area contributed by atoms with Crippen molar-refractivity contribution in [1.29, 1.82) is 5.26 Å². The molecule has 1 aromatic rings. The molecule has 1 aliphatic heterocycles. The molecule has 0 unspecified atom stereocenters. The van der Waals surface area contributed by atoms with E-state index in [9.17, 15) is 4.79 Å². The van der Waals surface area contributed by atoms with Crippen molar-refractivity contribution in [3.05, 3.63) is 29.6 Å². The first-order valence-corrected chi connectivity index (χ1v) is 6.60. The molecule has 0 atom stereocenters. The van der Waals surface area contributed by atoms with E-state index in [1.807, 2.05) is 12.1 Å². The van der Waals surface area contributed by atoms with Crippen LogP contribution in [0.4, 0.5) is 0 Å². The van der Waals surface area contributed by atoms with Crippen molar-refractivity contribution in [2.75, 3.05) is 26.2 Å². The lowest BCUT2D eigenvalue weighted by Crippen LogP contribution is -2.37. The molecule has 2 heterocycles. The second-order valence-corrected chi connectivity index (χ2v) is 4.75. The van der Waals surface area contributed by atoms with Crippen LogP contribution in [0.25, 0.3) is 0 Å². The lowest BCUT2D eigenvalue weighted by Gasteiger charge is -2.31. The fourth-order valence-corrected chi connectivity index (χ4v) is 2.48. The SMILES string of the molecule is N#Cc1cccc(C2CCN(CCNC=O)CC2)n1. The largest absolute Gasteiger partial charge is 0.357 e. The van der Waals surface area contributed by atoms with Crippen LogP contribution >= 0.6 is 0 Å². The number of nitrogens with zero attached hydrogens (tertiary/aromatic N) is 3. The van der Waals surface area contributed by atoms with E-state index in [2.05, 4.69) is 21.3 Å². The van der Waals surface area contributed by atoms with E-state index in [4.69, 9.17) is 5.26 Å². The summed E-state index contributed by atoms with van der Waals surface area (Å²) in [5.41, 5.74) is 1.53. The van der Waals surface area contributed by atoms with E-state index < -0.39 is 0 Å². The van der Waals surface area contributed by atoms with Gasteiger partial charge in [-0.05, 0) is 38.1 Å². The van der Waals surface area contributed by atoms with Gasteiger partial charge in [-0.1, -0.05) is 6.07 Å². The molecule has 1 amide bonds. The van der Waals surface area contributed by atoms with Gasteiger partial charge >= 0.3 is 0 Å². The Balaban J connectivity index is 1.85. The van der Waals surface area contributed by atoms with E-state index >= 15 is 0 Å². The summed E-state index contributed by atoms with van der Waals surface area (Å²) in [7, 11) is 0. The average molecular weight is 258 g/mol. The van der Waals surface area contributed by atoms with E-state index in [1.54, 1.807) is 6.07 Å². The fraction of sp³-hybridized carbons (Fsp3) is 0.500. The molecule has 1 saturated heterocycles. The van der Waals surface area contributed by atoms with Crippen molar-refractivity contribution in [1.82, 2.24) is 15.2 Å². The first-order chi connectivity index (χ1) is 9.33. The van der Waals surface area contributed by atoms with Crippen LogP contribution in [0.5, 0.6) is 0 Å². The number of pyridine rings is 1. The zero-order valence-electron chi connectivity index (χ0n) is 10.9. The summed E-state index contributed by atoms with van der Waals surface area (Å²) >= 11 is 0. The maximum atomic E-state index is 10.2. The lowest BCUT2D eigenvalue weighted by molar-refractivity contribution is -0.109. The summed E-state index contributed by atoms with van der Waals surface area (Å²) in [4.78, 5) is 16.9. The van der Waals surface area contributed by atoms with Gasteiger partial charge in [-0.15, -0.1) is 0 Å². The molecule has 2 rings (SSSR count). The summed E-state index contributed by atoms with van der Waals surface area (Å²) in [6, 6.07) is 7.74. The highest BCUT2D eigenvalue weighted by Crippen LogP contribution is 2.26. The van der Waals surface area contributed by atoms with Crippen LogP contribution in [0.2, 0.25) is 0 Å². The van der Waals surface area contributed by atoms with Crippen LogP contribution in [0, 0.1) is 11.3 Å². The summed E-state index contributed by atoms with van der Waals surface area (Å²) in [6.45, 7) is 3.64. The minimum atomic E-state index is 0.448. The number of nitrogens with one attached hydrogen (secondary N) is 1. The van der Waals surface area contributed by atoms with Crippen molar-refractivity contribution in [2.24, 2.45) is 0 Å². The van der Waals surface area contributed by atoms with Crippen molar-refractivity contribution in [2.45, 2.75) is 18.8 Å². The minimum Gasteiger partial charge on any atom is -0.357 e. The smallest absolute Gasteiger partial charge is 0.207 e. The zero-order chi connectivity index (χ0) is 13.5. The van der Waals surface area contributed by atoms with Crippen LogP contribution in [-0.4, -0.2) is 42.5 Å². The Kier molecular flexibility index (Phi) is 4.87. The number of hydrogen-bond donors (Lipinski definition) is 1. The van der Waals surface area contributed by atoms with E-state index in [0.29, 0.717) is 18.2 Å². The fourth-order valence-electron chi connectivity index (χ4n) is 2.48. The molecule has 1 fully saturated rings. The first-order valence-electron chi connectivity index (χ1n) is 6.60. The molecule has 100 valence electrons. The molecule has 0 aliphatic carbocycles. The van der Waals surface area contributed by atoms with E-state index in [-0.39, 0.29) is 0 Å². The summed E-state index contributed by atoms with van der Waals surface area (Å²) < 4.78 is 0. The molecular formula is C14H18N4O. The number of nitriles is 1. The molecule has 1 N–H and O–H groups in total. The molecule has 0 aromatic carbocycles. The Morgan fingerprint density at radius 3 is 2.95 bits per heavy atom. The predicted molar refractivity (Wildman–Crippen MR) is 71.4 cm³/mol. The summed E-state index contributed by atoms with van der Waals surface area (Å²) in [5.74, 6) is 0.448. The van der Waals surface area contributed by atoms with Gasteiger partial charge in [0, 0.05) is 24.7 Å². The van der Waals surface area contributed by atoms with Gasteiger partial charge in [-0.2, -0.15) is 5.26 Å². The molecular weight excluding hydrogens is 240 g/mol. The maximum absolute atomic E-state index is 10.2. The van der Waals surface area contributed by atoms with Crippen LogP contribution in [0.3, 0.4) is 0 Å². The molecule has 0 saturated carbocycles. The molecule has 1 aliphatic rings. The van der Waals surface area contributed by atoms with Crippen LogP contribution in [0.15, 0.2) is 18.2 Å². The van der Waals surface area contributed by atoms with E-state index in [1.165, 1.54) is 0 Å². The van der Waals surface area contributed by atoms with Crippen LogP contribution in [0.1, 0.15) is 30.1 Å². The van der Waals surface area contributed by atoms with Gasteiger partial charge in [0.05, 0.1) is 0 Å². The Labute approximate surface area is 113 Å². The number of aromatic nitrogens is 1. The molecule has 19 heavy (non-hydrogen) atoms. The van der Waals surface area contributed by atoms with Crippen molar-refractivity contribution < 1.29 is 4.79 Å². The Hall–Kier alpha value is -1.93. The third-order valence-corrected chi connectivity index (χ3v) is 3.55. The number of carbonyl (C=O) groups is 1. The number of likely N-dealkylation sites (tertiary alicyclic amines) is 1. The Bertz CT molecular complexity index is 461. The average Bonchev–Trinajstić information content (AvgIpc) is 2.48. The van der Waals surface area contributed by atoms with Gasteiger partial charge in [0.15, 0.2) is 0 Å². The van der Waals surface area contributed by atoms with Gasteiger partial charge in [-0.3, -0.25) is 4.79 Å². The van der Waals surface area contributed by atoms with Gasteiger partial charge < -0.3 is 10.2 Å². The maximum Gasteiger partial charge on any atom is 0.207 e. The van der Waals surface area contributed by atoms with E-state index in [0.717, 1.165) is 44.6 Å². The molecule has 5 nitrogen and oxygen atoms in total. The van der Waals surface area contributed by atoms with Gasteiger partial charge in [0.25, 0.3) is 0 Å². The van der Waals surface area contributed by atoms with Crippen molar-refractivity contribution in [3.63, 3.8) is 0 Å². The Morgan fingerprint density at radius 2 is 2.26 bits per heavy atom. The van der Waals surface area contributed by atoms with Gasteiger partial charge in [0.1, 0.15) is 11.8 Å². The number of hydrogen-bond acceptors (Lipinski definition) is 4. The number of amides is 1. The second kappa shape index (κ2) is 6.86. The minimum absolute atomic E-state index is 0.448. The number of rotatable bonds is 5. The molecule has 0 radical (unpaired) electrons. The van der Waals surface area contributed by atoms with Crippen molar-refractivity contribution in [3.8, 4) is 6.07 Å². The third kappa shape index (κ3) is 3.76. The standard InChI is InChI=1S/C14H18N4O/c15-10-13-2-1-3-14(17-13)12-4-7-18(8-5-12)9-6-16-11-19/h1-3,11-12H,4-9H2,(H,16,19). The van der Waals surface area contributed by atoms with Crippen LogP contribution in [-0.2, 0) is 4.79 Å². The van der Waals surface area contributed by atoms with Crippen LogP contribution < -0.4 is 5.32 Å². The normalized spacial score (nSPS) is 16.8. The summed E-state index contributed by atoms with van der Waals surface area (Å²) in [6.07, 6.45) is 2.86. The molecule has 0 bridgehead atoms. The topological polar surface area (TPSA) is 69.0 Å². The number of piperidine rings is 1. The molecule has 5 heteroatoms. The third-order valence-electron chi connectivity index (χ3n) is 3.55. The quantitative estimate of drug-likeness (QED) is 0.629. The summed E-state index contributed by atoms with van der Waals surface area (Å²) in [5, 5.41) is 11.5. The molecule has 1 aromatic heterocycles. The van der Waals surface area contributed by atoms with Gasteiger partial charge in [-0.25, -0.2) is 4.98 Å². The highest BCUT2D eigenvalue weighted by molar-refractivity contribution is 5.45. The van der Waals surface area contributed by atoms with Crippen molar-refractivity contribution >= 4 is 6.41 Å². The number of carbonyl (C=O) groups excluding carboxylic acids is 1. The monoisotopic (exact) mass is 258 g/mol. The Morgan fingerprint density at radius 1 is 1.47 bits per heavy atom. The predicted octanol–water partition coefficient (Wildman–Crippen LogP) is 0.879.